The molecule has 0 spiro atoms. The van der Waals surface area contributed by atoms with E-state index in [9.17, 15) is 9.59 Å². The molecule has 0 atom stereocenters. The van der Waals surface area contributed by atoms with Gasteiger partial charge in [0.25, 0.3) is 5.91 Å². The van der Waals surface area contributed by atoms with Crippen molar-refractivity contribution in [1.82, 2.24) is 4.90 Å². The molecule has 0 aromatic heterocycles. The molecule has 2 rings (SSSR count). The lowest BCUT2D eigenvalue weighted by Gasteiger charge is -2.19. The smallest absolute Gasteiger partial charge is 0.303 e. The molecule has 0 fully saturated rings. The molecule has 23 heavy (non-hydrogen) atoms. The molecule has 126 valence electrons. The molecule has 1 aliphatic heterocycles. The van der Waals surface area contributed by atoms with Gasteiger partial charge < -0.3 is 19.5 Å². The number of nitrogens with zero attached hydrogens (tertiary/aromatic N) is 1. The number of fused-ring (bicyclic) bond motifs is 1. The average molecular weight is 321 g/mol. The number of carbonyl (C=O) groups excluding carboxylic acids is 1. The van der Waals surface area contributed by atoms with Gasteiger partial charge >= 0.3 is 5.97 Å². The van der Waals surface area contributed by atoms with Gasteiger partial charge in [0.1, 0.15) is 5.60 Å². The topological polar surface area (TPSA) is 76.1 Å². The highest BCUT2D eigenvalue weighted by molar-refractivity contribution is 5.77. The summed E-state index contributed by atoms with van der Waals surface area (Å²) in [6.45, 7) is 4.32. The third-order valence-corrected chi connectivity index (χ3v) is 3.72. The number of amides is 1. The van der Waals surface area contributed by atoms with Crippen molar-refractivity contribution in [3.63, 3.8) is 0 Å². The van der Waals surface area contributed by atoms with Crippen LogP contribution >= 0.6 is 0 Å². The second-order valence-corrected chi connectivity index (χ2v) is 6.38. The van der Waals surface area contributed by atoms with Crippen molar-refractivity contribution in [3.8, 4) is 11.5 Å². The lowest BCUT2D eigenvalue weighted by Crippen LogP contribution is -2.32. The van der Waals surface area contributed by atoms with Crippen molar-refractivity contribution in [2.24, 2.45) is 0 Å². The molecule has 1 aromatic rings. The van der Waals surface area contributed by atoms with Crippen LogP contribution in [0.2, 0.25) is 0 Å². The first-order chi connectivity index (χ1) is 10.8. The van der Waals surface area contributed by atoms with E-state index in [0.717, 1.165) is 12.0 Å². The van der Waals surface area contributed by atoms with Crippen LogP contribution in [0, 0.1) is 0 Å². The molecule has 0 saturated heterocycles. The minimum atomic E-state index is -0.860. The quantitative estimate of drug-likeness (QED) is 0.832. The van der Waals surface area contributed by atoms with E-state index in [2.05, 4.69) is 0 Å². The van der Waals surface area contributed by atoms with Crippen LogP contribution in [0.3, 0.4) is 0 Å². The molecule has 1 N–H and O–H groups in total. The highest BCUT2D eigenvalue weighted by Gasteiger charge is 2.32. The van der Waals surface area contributed by atoms with Crippen molar-refractivity contribution in [1.29, 1.82) is 0 Å². The summed E-state index contributed by atoms with van der Waals surface area (Å²) in [5.74, 6) is 0.228. The Morgan fingerprint density at radius 1 is 1.39 bits per heavy atom. The van der Waals surface area contributed by atoms with Crippen LogP contribution in [0.1, 0.15) is 32.3 Å². The maximum absolute atomic E-state index is 12.0. The predicted molar refractivity (Wildman–Crippen MR) is 84.9 cm³/mol. The van der Waals surface area contributed by atoms with Gasteiger partial charge in [0.15, 0.2) is 18.1 Å². The summed E-state index contributed by atoms with van der Waals surface area (Å²) >= 11 is 0. The highest BCUT2D eigenvalue weighted by atomic mass is 16.5. The van der Waals surface area contributed by atoms with Gasteiger partial charge in [-0.3, -0.25) is 9.59 Å². The summed E-state index contributed by atoms with van der Waals surface area (Å²) < 4.78 is 11.5. The zero-order valence-corrected chi connectivity index (χ0v) is 13.8. The molecule has 1 aromatic carbocycles. The minimum absolute atomic E-state index is 0.0492. The Balaban J connectivity index is 1.88. The number of ether oxygens (including phenoxy) is 2. The van der Waals surface area contributed by atoms with Crippen LogP contribution in [-0.2, 0) is 16.0 Å². The Morgan fingerprint density at radius 3 is 2.83 bits per heavy atom. The summed E-state index contributed by atoms with van der Waals surface area (Å²) in [5.41, 5.74) is 0.814. The summed E-state index contributed by atoms with van der Waals surface area (Å²) in [6.07, 6.45) is 1.28. The summed E-state index contributed by atoms with van der Waals surface area (Å²) in [7, 11) is 1.64. The van der Waals surface area contributed by atoms with E-state index in [1.165, 1.54) is 4.90 Å². The van der Waals surface area contributed by atoms with Gasteiger partial charge in [-0.05, 0) is 26.3 Å². The van der Waals surface area contributed by atoms with Crippen molar-refractivity contribution >= 4 is 11.9 Å². The molecule has 0 bridgehead atoms. The first-order valence-electron chi connectivity index (χ1n) is 7.68. The van der Waals surface area contributed by atoms with Crippen molar-refractivity contribution < 1.29 is 24.2 Å². The van der Waals surface area contributed by atoms with Crippen molar-refractivity contribution in [3.05, 3.63) is 23.8 Å². The van der Waals surface area contributed by atoms with Gasteiger partial charge in [-0.2, -0.15) is 0 Å². The maximum Gasteiger partial charge on any atom is 0.303 e. The highest BCUT2D eigenvalue weighted by Crippen LogP contribution is 2.41. The van der Waals surface area contributed by atoms with Crippen LogP contribution in [0.5, 0.6) is 11.5 Å². The third-order valence-electron chi connectivity index (χ3n) is 3.72. The summed E-state index contributed by atoms with van der Waals surface area (Å²) in [5, 5.41) is 8.61. The second kappa shape index (κ2) is 6.89. The number of carboxylic acid groups (broad SMARTS) is 1. The van der Waals surface area contributed by atoms with Crippen LogP contribution in [0.25, 0.3) is 0 Å². The largest absolute Gasteiger partial charge is 0.483 e. The van der Waals surface area contributed by atoms with Crippen LogP contribution < -0.4 is 9.47 Å². The number of likely N-dealkylation sites (N-methyl/N-ethyl adjacent to an activating group) is 1. The molecular weight excluding hydrogens is 298 g/mol. The van der Waals surface area contributed by atoms with E-state index in [4.69, 9.17) is 14.6 Å². The van der Waals surface area contributed by atoms with Crippen molar-refractivity contribution in [2.75, 3.05) is 20.2 Å². The second-order valence-electron chi connectivity index (χ2n) is 6.38. The fraction of sp³-hybridized carbons (Fsp3) is 0.529. The lowest BCUT2D eigenvalue weighted by atomic mass is 10.0. The first kappa shape index (κ1) is 17.1. The Morgan fingerprint density at radius 2 is 2.13 bits per heavy atom. The van der Waals surface area contributed by atoms with E-state index in [1.54, 1.807) is 13.1 Å². The molecule has 6 heteroatoms. The van der Waals surface area contributed by atoms with Crippen molar-refractivity contribution in [2.45, 2.75) is 38.7 Å². The van der Waals surface area contributed by atoms with Crippen LogP contribution in [0.15, 0.2) is 18.2 Å². The van der Waals surface area contributed by atoms with Gasteiger partial charge in [-0.1, -0.05) is 12.1 Å². The molecule has 0 unspecified atom stereocenters. The van der Waals surface area contributed by atoms with Crippen LogP contribution in [0.4, 0.5) is 0 Å². The van der Waals surface area contributed by atoms with Crippen LogP contribution in [-0.4, -0.2) is 47.7 Å². The molecule has 1 heterocycles. The predicted octanol–water partition coefficient (Wildman–Crippen LogP) is 2.10. The molecule has 0 saturated carbocycles. The number of hydrogen-bond donors (Lipinski definition) is 1. The Kier molecular flexibility index (Phi) is 5.13. The zero-order chi connectivity index (χ0) is 17.0. The Bertz CT molecular complexity index is 597. The number of hydrogen-bond acceptors (Lipinski definition) is 4. The molecule has 0 aliphatic carbocycles. The zero-order valence-electron chi connectivity index (χ0n) is 13.8. The first-order valence-corrected chi connectivity index (χ1v) is 7.68. The molecule has 1 aliphatic rings. The average Bonchev–Trinajstić information content (AvgIpc) is 2.78. The normalized spacial score (nSPS) is 14.7. The lowest BCUT2D eigenvalue weighted by molar-refractivity contribution is -0.138. The molecular formula is C17H23NO5. The van der Waals surface area contributed by atoms with Gasteiger partial charge in [0.05, 0.1) is 0 Å². The Labute approximate surface area is 136 Å². The fourth-order valence-electron chi connectivity index (χ4n) is 2.54. The molecule has 6 nitrogen and oxygen atoms in total. The number of carbonyl (C=O) groups is 2. The van der Waals surface area contributed by atoms with E-state index in [1.807, 2.05) is 26.0 Å². The van der Waals surface area contributed by atoms with E-state index < -0.39 is 5.97 Å². The van der Waals surface area contributed by atoms with Gasteiger partial charge in [0.2, 0.25) is 0 Å². The monoisotopic (exact) mass is 321 g/mol. The maximum atomic E-state index is 12.0. The molecule has 1 amide bonds. The number of para-hydroxylation sites is 1. The molecule has 0 radical (unpaired) electrons. The van der Waals surface area contributed by atoms with E-state index >= 15 is 0 Å². The standard InChI is InChI=1S/C17H23NO5/c1-17(2)10-12-6-4-7-13(16(12)23-17)22-11-14(19)18(3)9-5-8-15(20)21/h4,6-7H,5,8-11H2,1-3H3,(H,20,21). The van der Waals surface area contributed by atoms with Gasteiger partial charge in [-0.15, -0.1) is 0 Å². The Hall–Kier alpha value is -2.24. The van der Waals surface area contributed by atoms with Gasteiger partial charge in [-0.25, -0.2) is 0 Å². The number of rotatable bonds is 7. The fourth-order valence-corrected chi connectivity index (χ4v) is 2.54. The van der Waals surface area contributed by atoms with E-state index in [0.29, 0.717) is 24.5 Å². The summed E-state index contributed by atoms with van der Waals surface area (Å²) in [6, 6.07) is 5.68. The third kappa shape index (κ3) is 4.61. The minimum Gasteiger partial charge on any atom is -0.483 e. The number of aliphatic carboxylic acids is 1. The number of carboxylic acids is 1. The van der Waals surface area contributed by atoms with Gasteiger partial charge in [0, 0.05) is 32.0 Å². The SMILES string of the molecule is CN(CCCC(=O)O)C(=O)COc1cccc2c1OC(C)(C)C2. The summed E-state index contributed by atoms with van der Waals surface area (Å²) in [4.78, 5) is 24.0. The number of benzene rings is 1. The van der Waals surface area contributed by atoms with E-state index in [-0.39, 0.29) is 24.5 Å².